The van der Waals surface area contributed by atoms with Crippen molar-refractivity contribution >= 4 is 11.9 Å². The lowest BCUT2D eigenvalue weighted by Gasteiger charge is -2.27. The molecule has 2 unspecified atom stereocenters. The van der Waals surface area contributed by atoms with Crippen LogP contribution in [0.2, 0.25) is 0 Å². The highest BCUT2D eigenvalue weighted by Crippen LogP contribution is 2.24. The second-order valence-electron chi connectivity index (χ2n) is 5.00. The van der Waals surface area contributed by atoms with Gasteiger partial charge in [-0.25, -0.2) is 0 Å². The van der Waals surface area contributed by atoms with Crippen molar-refractivity contribution in [1.82, 2.24) is 10.3 Å². The molecule has 1 aliphatic carbocycles. The van der Waals surface area contributed by atoms with Gasteiger partial charge < -0.3 is 10.4 Å². The zero-order valence-electron chi connectivity index (χ0n) is 10.7. The third-order valence-electron chi connectivity index (χ3n) is 3.48. The van der Waals surface area contributed by atoms with Crippen molar-refractivity contribution in [3.05, 3.63) is 30.1 Å². The number of hydrogen-bond acceptors (Lipinski definition) is 3. The number of aliphatic carboxylic acids is 1. The molecule has 0 saturated heterocycles. The Balaban J connectivity index is 1.83. The molecule has 0 aromatic carbocycles. The SMILES string of the molecule is O=C(Cc1cccnc1)NC1CCCC(C(=O)O)C1. The minimum Gasteiger partial charge on any atom is -0.481 e. The van der Waals surface area contributed by atoms with Gasteiger partial charge in [-0.05, 0) is 30.9 Å². The van der Waals surface area contributed by atoms with Crippen molar-refractivity contribution in [3.8, 4) is 0 Å². The monoisotopic (exact) mass is 262 g/mol. The third kappa shape index (κ3) is 4.05. The Bertz CT molecular complexity index is 447. The van der Waals surface area contributed by atoms with Gasteiger partial charge in [-0.1, -0.05) is 12.5 Å². The number of carboxylic acid groups (broad SMARTS) is 1. The Morgan fingerprint density at radius 1 is 1.42 bits per heavy atom. The minimum absolute atomic E-state index is 0.0148. The lowest BCUT2D eigenvalue weighted by molar-refractivity contribution is -0.143. The van der Waals surface area contributed by atoms with Crippen LogP contribution in [0.5, 0.6) is 0 Å². The lowest BCUT2D eigenvalue weighted by Crippen LogP contribution is -2.40. The van der Waals surface area contributed by atoms with E-state index in [9.17, 15) is 9.59 Å². The van der Waals surface area contributed by atoms with Gasteiger partial charge in [0.15, 0.2) is 0 Å². The maximum Gasteiger partial charge on any atom is 0.306 e. The smallest absolute Gasteiger partial charge is 0.306 e. The molecule has 1 aromatic rings. The number of hydrogen-bond donors (Lipinski definition) is 2. The van der Waals surface area contributed by atoms with Crippen molar-refractivity contribution in [2.24, 2.45) is 5.92 Å². The fourth-order valence-corrected chi connectivity index (χ4v) is 2.51. The van der Waals surface area contributed by atoms with Gasteiger partial charge in [-0.2, -0.15) is 0 Å². The summed E-state index contributed by atoms with van der Waals surface area (Å²) in [6.45, 7) is 0. The average molecular weight is 262 g/mol. The molecule has 0 spiro atoms. The molecule has 2 rings (SSSR count). The summed E-state index contributed by atoms with van der Waals surface area (Å²) >= 11 is 0. The summed E-state index contributed by atoms with van der Waals surface area (Å²) in [7, 11) is 0. The standard InChI is InChI=1S/C14H18N2O3/c17-13(7-10-3-2-6-15-9-10)16-12-5-1-4-11(8-12)14(18)19/h2-3,6,9,11-12H,1,4-5,7-8H2,(H,16,17)(H,18,19). The summed E-state index contributed by atoms with van der Waals surface area (Å²) in [6.07, 6.45) is 6.60. The molecule has 1 heterocycles. The van der Waals surface area contributed by atoms with Crippen LogP contribution in [0.1, 0.15) is 31.2 Å². The minimum atomic E-state index is -0.758. The Hall–Kier alpha value is -1.91. The number of nitrogens with one attached hydrogen (secondary N) is 1. The molecule has 19 heavy (non-hydrogen) atoms. The highest BCUT2D eigenvalue weighted by atomic mass is 16.4. The van der Waals surface area contributed by atoms with Gasteiger partial charge in [0.1, 0.15) is 0 Å². The van der Waals surface area contributed by atoms with Gasteiger partial charge in [0.05, 0.1) is 12.3 Å². The van der Waals surface area contributed by atoms with Crippen LogP contribution in [-0.2, 0) is 16.0 Å². The highest BCUT2D eigenvalue weighted by molar-refractivity contribution is 5.79. The summed E-state index contributed by atoms with van der Waals surface area (Å²) in [5.74, 6) is -1.15. The first-order valence-corrected chi connectivity index (χ1v) is 6.56. The zero-order chi connectivity index (χ0) is 13.7. The van der Waals surface area contributed by atoms with Crippen LogP contribution in [0.15, 0.2) is 24.5 Å². The lowest BCUT2D eigenvalue weighted by atomic mass is 9.85. The predicted molar refractivity (Wildman–Crippen MR) is 69.5 cm³/mol. The number of carboxylic acids is 1. The van der Waals surface area contributed by atoms with Crippen molar-refractivity contribution in [1.29, 1.82) is 0 Å². The van der Waals surface area contributed by atoms with E-state index in [4.69, 9.17) is 5.11 Å². The van der Waals surface area contributed by atoms with Crippen LogP contribution in [0, 0.1) is 5.92 Å². The number of rotatable bonds is 4. The summed E-state index contributed by atoms with van der Waals surface area (Å²) in [6, 6.07) is 3.64. The van der Waals surface area contributed by atoms with Gasteiger partial charge in [-0.15, -0.1) is 0 Å². The molecule has 5 heteroatoms. The van der Waals surface area contributed by atoms with E-state index in [-0.39, 0.29) is 17.9 Å². The summed E-state index contributed by atoms with van der Waals surface area (Å²) in [5, 5.41) is 11.9. The summed E-state index contributed by atoms with van der Waals surface area (Å²) < 4.78 is 0. The van der Waals surface area contributed by atoms with E-state index in [1.165, 1.54) is 0 Å². The van der Waals surface area contributed by atoms with Gasteiger partial charge in [0.2, 0.25) is 5.91 Å². The van der Waals surface area contributed by atoms with E-state index >= 15 is 0 Å². The molecule has 102 valence electrons. The molecule has 0 radical (unpaired) electrons. The van der Waals surface area contributed by atoms with E-state index in [0.29, 0.717) is 19.3 Å². The largest absolute Gasteiger partial charge is 0.481 e. The molecular formula is C14H18N2O3. The first-order chi connectivity index (χ1) is 9.15. The van der Waals surface area contributed by atoms with E-state index in [1.54, 1.807) is 18.5 Å². The fraction of sp³-hybridized carbons (Fsp3) is 0.500. The Morgan fingerprint density at radius 2 is 2.26 bits per heavy atom. The van der Waals surface area contributed by atoms with E-state index in [2.05, 4.69) is 10.3 Å². The first kappa shape index (κ1) is 13.5. The van der Waals surface area contributed by atoms with Crippen molar-refractivity contribution in [3.63, 3.8) is 0 Å². The number of pyridine rings is 1. The Labute approximate surface area is 112 Å². The molecule has 1 fully saturated rings. The van der Waals surface area contributed by atoms with Crippen LogP contribution in [0.3, 0.4) is 0 Å². The second kappa shape index (κ2) is 6.31. The highest BCUT2D eigenvalue weighted by Gasteiger charge is 2.27. The maximum absolute atomic E-state index is 11.9. The van der Waals surface area contributed by atoms with Crippen molar-refractivity contribution < 1.29 is 14.7 Å². The number of aromatic nitrogens is 1. The van der Waals surface area contributed by atoms with Crippen LogP contribution in [0.25, 0.3) is 0 Å². The van der Waals surface area contributed by atoms with Crippen LogP contribution >= 0.6 is 0 Å². The molecule has 1 aliphatic rings. The molecule has 2 N–H and O–H groups in total. The van der Waals surface area contributed by atoms with Crippen LogP contribution in [-0.4, -0.2) is 28.0 Å². The molecular weight excluding hydrogens is 244 g/mol. The molecule has 1 saturated carbocycles. The molecule has 2 atom stereocenters. The summed E-state index contributed by atoms with van der Waals surface area (Å²) in [5.41, 5.74) is 0.866. The number of amides is 1. The predicted octanol–water partition coefficient (Wildman–Crippen LogP) is 1.38. The van der Waals surface area contributed by atoms with Gasteiger partial charge in [0.25, 0.3) is 0 Å². The second-order valence-corrected chi connectivity index (χ2v) is 5.00. The van der Waals surface area contributed by atoms with Crippen molar-refractivity contribution in [2.45, 2.75) is 38.1 Å². The number of carbonyl (C=O) groups is 2. The fourth-order valence-electron chi connectivity index (χ4n) is 2.51. The van der Waals surface area contributed by atoms with E-state index in [0.717, 1.165) is 18.4 Å². The first-order valence-electron chi connectivity index (χ1n) is 6.56. The normalized spacial score (nSPS) is 22.7. The zero-order valence-corrected chi connectivity index (χ0v) is 10.7. The summed E-state index contributed by atoms with van der Waals surface area (Å²) in [4.78, 5) is 26.8. The molecule has 5 nitrogen and oxygen atoms in total. The average Bonchev–Trinajstić information content (AvgIpc) is 2.40. The molecule has 0 bridgehead atoms. The van der Waals surface area contributed by atoms with Gasteiger partial charge in [-0.3, -0.25) is 14.6 Å². The molecule has 1 aromatic heterocycles. The van der Waals surface area contributed by atoms with Crippen molar-refractivity contribution in [2.75, 3.05) is 0 Å². The third-order valence-corrected chi connectivity index (χ3v) is 3.48. The number of carbonyl (C=O) groups excluding carboxylic acids is 1. The number of nitrogens with zero attached hydrogens (tertiary/aromatic N) is 1. The topological polar surface area (TPSA) is 79.3 Å². The quantitative estimate of drug-likeness (QED) is 0.859. The van der Waals surface area contributed by atoms with Crippen LogP contribution < -0.4 is 5.32 Å². The van der Waals surface area contributed by atoms with Crippen LogP contribution in [0.4, 0.5) is 0 Å². The van der Waals surface area contributed by atoms with Gasteiger partial charge >= 0.3 is 5.97 Å². The molecule has 1 amide bonds. The van der Waals surface area contributed by atoms with E-state index in [1.807, 2.05) is 6.07 Å². The maximum atomic E-state index is 11.9. The van der Waals surface area contributed by atoms with E-state index < -0.39 is 5.97 Å². The molecule has 0 aliphatic heterocycles. The Morgan fingerprint density at radius 3 is 2.95 bits per heavy atom. The Kier molecular flexibility index (Phi) is 4.49. The van der Waals surface area contributed by atoms with Gasteiger partial charge in [0, 0.05) is 18.4 Å².